The molecule has 1 saturated heterocycles. The van der Waals surface area contributed by atoms with Gasteiger partial charge in [-0.3, -0.25) is 4.79 Å². The van der Waals surface area contributed by atoms with Crippen molar-refractivity contribution in [1.82, 2.24) is 10.2 Å². The predicted octanol–water partition coefficient (Wildman–Crippen LogP) is 2.23. The molecular formula is C24H32N3O3+. The van der Waals surface area contributed by atoms with Crippen molar-refractivity contribution in [3.05, 3.63) is 64.7 Å². The van der Waals surface area contributed by atoms with Gasteiger partial charge in [-0.1, -0.05) is 35.9 Å². The van der Waals surface area contributed by atoms with Gasteiger partial charge in [-0.05, 0) is 56.9 Å². The number of quaternary nitrogens is 1. The van der Waals surface area contributed by atoms with Gasteiger partial charge in [0.15, 0.2) is 6.67 Å². The van der Waals surface area contributed by atoms with E-state index in [0.29, 0.717) is 19.5 Å². The highest BCUT2D eigenvalue weighted by Gasteiger charge is 2.48. The van der Waals surface area contributed by atoms with Crippen LogP contribution in [0.3, 0.4) is 0 Å². The van der Waals surface area contributed by atoms with Gasteiger partial charge < -0.3 is 15.0 Å². The van der Waals surface area contributed by atoms with Crippen LogP contribution in [-0.2, 0) is 17.8 Å². The van der Waals surface area contributed by atoms with E-state index in [9.17, 15) is 9.59 Å². The normalized spacial score (nSPS) is 19.7. The molecule has 30 heavy (non-hydrogen) atoms. The lowest BCUT2D eigenvalue weighted by Crippen LogP contribution is -3.09. The monoisotopic (exact) mass is 410 g/mol. The van der Waals surface area contributed by atoms with Gasteiger partial charge in [0.05, 0.1) is 14.2 Å². The lowest BCUT2D eigenvalue weighted by Gasteiger charge is -2.23. The molecule has 1 fully saturated rings. The Morgan fingerprint density at radius 3 is 2.43 bits per heavy atom. The van der Waals surface area contributed by atoms with Gasteiger partial charge in [-0.15, -0.1) is 0 Å². The molecule has 0 aliphatic carbocycles. The largest absolute Gasteiger partial charge is 0.497 e. The van der Waals surface area contributed by atoms with Crippen molar-refractivity contribution in [3.8, 4) is 5.75 Å². The number of nitrogens with zero attached hydrogens (tertiary/aromatic N) is 1. The standard InChI is InChI=1S/C24H31N3O3/c1-17-6-9-20(18(2)14-17)15-26(4)16-27-22(28)24(3,25-23(27)29)13-12-19-7-10-21(30-5)11-8-19/h6-11,14H,12-13,15-16H2,1-5H3,(H,25,29)/p+1/t24-/m0/s1. The molecule has 0 aromatic heterocycles. The third-order valence-corrected chi connectivity index (χ3v) is 5.84. The molecule has 2 N–H and O–H groups in total. The number of benzene rings is 2. The maximum Gasteiger partial charge on any atom is 0.329 e. The minimum Gasteiger partial charge on any atom is -0.497 e. The summed E-state index contributed by atoms with van der Waals surface area (Å²) in [7, 11) is 3.64. The second-order valence-electron chi connectivity index (χ2n) is 8.57. The van der Waals surface area contributed by atoms with Gasteiger partial charge in [0.1, 0.15) is 17.8 Å². The lowest BCUT2D eigenvalue weighted by atomic mass is 9.93. The third-order valence-electron chi connectivity index (χ3n) is 5.84. The Bertz CT molecular complexity index is 926. The van der Waals surface area contributed by atoms with Crippen molar-refractivity contribution in [1.29, 1.82) is 0 Å². The molecule has 0 saturated carbocycles. The Labute approximate surface area is 178 Å². The first-order valence-corrected chi connectivity index (χ1v) is 10.4. The average molecular weight is 411 g/mol. The van der Waals surface area contributed by atoms with Gasteiger partial charge in [-0.2, -0.15) is 0 Å². The summed E-state index contributed by atoms with van der Waals surface area (Å²) in [5.74, 6) is 0.650. The average Bonchev–Trinajstić information content (AvgIpc) is 2.92. The van der Waals surface area contributed by atoms with Crippen LogP contribution in [0.5, 0.6) is 5.75 Å². The van der Waals surface area contributed by atoms with Gasteiger partial charge in [0.25, 0.3) is 5.91 Å². The highest BCUT2D eigenvalue weighted by Crippen LogP contribution is 2.23. The molecule has 1 aliphatic rings. The second-order valence-corrected chi connectivity index (χ2v) is 8.57. The number of nitrogens with one attached hydrogen (secondary N) is 2. The van der Waals surface area contributed by atoms with E-state index in [-0.39, 0.29) is 11.9 Å². The molecule has 2 atom stereocenters. The van der Waals surface area contributed by atoms with Crippen molar-refractivity contribution in [3.63, 3.8) is 0 Å². The molecule has 160 valence electrons. The summed E-state index contributed by atoms with van der Waals surface area (Å²) in [6.07, 6.45) is 1.25. The summed E-state index contributed by atoms with van der Waals surface area (Å²) in [4.78, 5) is 28.1. The molecule has 0 radical (unpaired) electrons. The molecule has 1 heterocycles. The van der Waals surface area contributed by atoms with Crippen LogP contribution in [0.25, 0.3) is 0 Å². The zero-order valence-corrected chi connectivity index (χ0v) is 18.5. The molecule has 3 rings (SSSR count). The number of carbonyl (C=O) groups is 2. The summed E-state index contributed by atoms with van der Waals surface area (Å²) in [5.41, 5.74) is 3.92. The Morgan fingerprint density at radius 1 is 1.10 bits per heavy atom. The van der Waals surface area contributed by atoms with Gasteiger partial charge in [0.2, 0.25) is 0 Å². The van der Waals surface area contributed by atoms with E-state index < -0.39 is 5.54 Å². The third kappa shape index (κ3) is 4.82. The fourth-order valence-corrected chi connectivity index (χ4v) is 3.94. The predicted molar refractivity (Wildman–Crippen MR) is 116 cm³/mol. The van der Waals surface area contributed by atoms with Crippen LogP contribution in [-0.4, -0.2) is 43.2 Å². The Hall–Kier alpha value is -2.86. The van der Waals surface area contributed by atoms with Gasteiger partial charge >= 0.3 is 6.03 Å². The highest BCUT2D eigenvalue weighted by molar-refractivity contribution is 6.06. The first kappa shape index (κ1) is 21.8. The maximum absolute atomic E-state index is 13.1. The van der Waals surface area contributed by atoms with E-state index in [2.05, 4.69) is 37.4 Å². The van der Waals surface area contributed by atoms with Crippen LogP contribution >= 0.6 is 0 Å². The van der Waals surface area contributed by atoms with E-state index in [1.54, 1.807) is 7.11 Å². The Balaban J connectivity index is 1.61. The maximum atomic E-state index is 13.1. The van der Waals surface area contributed by atoms with Crippen LogP contribution < -0.4 is 15.0 Å². The summed E-state index contributed by atoms with van der Waals surface area (Å²) in [5, 5.41) is 2.91. The van der Waals surface area contributed by atoms with Crippen LogP contribution in [0.4, 0.5) is 4.79 Å². The minimum absolute atomic E-state index is 0.152. The second kappa shape index (κ2) is 8.88. The number of hydrogen-bond donors (Lipinski definition) is 2. The smallest absolute Gasteiger partial charge is 0.329 e. The van der Waals surface area contributed by atoms with E-state index in [1.807, 2.05) is 38.2 Å². The molecule has 1 unspecified atom stereocenters. The lowest BCUT2D eigenvalue weighted by molar-refractivity contribution is -0.901. The molecule has 1 aliphatic heterocycles. The van der Waals surface area contributed by atoms with Crippen molar-refractivity contribution in [2.24, 2.45) is 0 Å². The number of hydrogen-bond acceptors (Lipinski definition) is 3. The number of imide groups is 1. The summed E-state index contributed by atoms with van der Waals surface area (Å²) < 4.78 is 5.18. The van der Waals surface area contributed by atoms with E-state index in [0.717, 1.165) is 22.8 Å². The molecule has 2 aromatic rings. The van der Waals surface area contributed by atoms with E-state index >= 15 is 0 Å². The summed E-state index contributed by atoms with van der Waals surface area (Å²) >= 11 is 0. The number of ether oxygens (including phenoxy) is 1. The van der Waals surface area contributed by atoms with Crippen molar-refractivity contribution in [2.45, 2.75) is 45.7 Å². The number of aryl methyl sites for hydroxylation is 3. The zero-order chi connectivity index (χ0) is 21.9. The van der Waals surface area contributed by atoms with Crippen LogP contribution in [0, 0.1) is 13.8 Å². The Kier molecular flexibility index (Phi) is 6.46. The Morgan fingerprint density at radius 2 is 1.80 bits per heavy atom. The number of amides is 3. The highest BCUT2D eigenvalue weighted by atomic mass is 16.5. The minimum atomic E-state index is -0.878. The quantitative estimate of drug-likeness (QED) is 0.656. The molecule has 6 heteroatoms. The first-order valence-electron chi connectivity index (χ1n) is 10.4. The van der Waals surface area contributed by atoms with Gasteiger partial charge in [-0.25, -0.2) is 9.69 Å². The van der Waals surface area contributed by atoms with Crippen molar-refractivity contribution >= 4 is 11.9 Å². The SMILES string of the molecule is COc1ccc(CC[C@]2(C)NC(=O)N(C[NH+](C)Cc3ccc(C)cc3C)C2=O)cc1. The zero-order valence-electron chi connectivity index (χ0n) is 18.5. The van der Waals surface area contributed by atoms with Gasteiger partial charge in [0, 0.05) is 5.56 Å². The fourth-order valence-electron chi connectivity index (χ4n) is 3.94. The first-order chi connectivity index (χ1) is 14.2. The molecule has 0 bridgehead atoms. The molecule has 0 spiro atoms. The fraction of sp³-hybridized carbons (Fsp3) is 0.417. The summed E-state index contributed by atoms with van der Waals surface area (Å²) in [6.45, 7) is 7.09. The van der Waals surface area contributed by atoms with Crippen LogP contribution in [0.15, 0.2) is 42.5 Å². The number of rotatable bonds is 8. The van der Waals surface area contributed by atoms with Crippen LogP contribution in [0.2, 0.25) is 0 Å². The molecule has 2 aromatic carbocycles. The molecule has 6 nitrogen and oxygen atoms in total. The summed E-state index contributed by atoms with van der Waals surface area (Å²) in [6, 6.07) is 13.9. The van der Waals surface area contributed by atoms with E-state index in [4.69, 9.17) is 4.74 Å². The number of carbonyl (C=O) groups excluding carboxylic acids is 2. The van der Waals surface area contributed by atoms with Crippen molar-refractivity contribution in [2.75, 3.05) is 20.8 Å². The number of methoxy groups -OCH3 is 1. The topological polar surface area (TPSA) is 63.1 Å². The van der Waals surface area contributed by atoms with Crippen molar-refractivity contribution < 1.29 is 19.2 Å². The molecule has 3 amide bonds. The molecular weight excluding hydrogens is 378 g/mol. The van der Waals surface area contributed by atoms with Crippen LogP contribution in [0.1, 0.15) is 35.6 Å². The van der Waals surface area contributed by atoms with E-state index in [1.165, 1.54) is 21.6 Å². The number of urea groups is 1.